The van der Waals surface area contributed by atoms with Crippen molar-refractivity contribution in [1.82, 2.24) is 4.98 Å². The SMILES string of the molecule is COc1ccc2cc(C(CO)N=[N+]=[N-])[nH]c2c1. The number of azide groups is 1. The fourth-order valence-corrected chi connectivity index (χ4v) is 1.69. The number of nitrogens with zero attached hydrogens (tertiary/aromatic N) is 3. The van der Waals surface area contributed by atoms with Gasteiger partial charge in [-0.3, -0.25) is 0 Å². The van der Waals surface area contributed by atoms with Crippen molar-refractivity contribution in [3.05, 3.63) is 40.4 Å². The summed E-state index contributed by atoms with van der Waals surface area (Å²) in [5, 5.41) is 13.6. The van der Waals surface area contributed by atoms with Crippen LogP contribution in [0.4, 0.5) is 0 Å². The molecule has 0 saturated heterocycles. The molecule has 0 bridgehead atoms. The van der Waals surface area contributed by atoms with Crippen LogP contribution in [0.1, 0.15) is 11.7 Å². The summed E-state index contributed by atoms with van der Waals surface area (Å²) in [7, 11) is 1.60. The van der Waals surface area contributed by atoms with Crippen LogP contribution in [0.15, 0.2) is 29.4 Å². The summed E-state index contributed by atoms with van der Waals surface area (Å²) in [6.45, 7) is -0.228. The lowest BCUT2D eigenvalue weighted by Gasteiger charge is -2.03. The van der Waals surface area contributed by atoms with Crippen LogP contribution in [0.25, 0.3) is 21.3 Å². The predicted molar refractivity (Wildman–Crippen MR) is 63.8 cm³/mol. The molecule has 6 nitrogen and oxygen atoms in total. The van der Waals surface area contributed by atoms with E-state index in [2.05, 4.69) is 15.0 Å². The summed E-state index contributed by atoms with van der Waals surface area (Å²) in [5.74, 6) is 0.746. The number of H-pyrrole nitrogens is 1. The van der Waals surface area contributed by atoms with Crippen molar-refractivity contribution in [2.24, 2.45) is 5.11 Å². The summed E-state index contributed by atoms with van der Waals surface area (Å²) in [6, 6.07) is 6.87. The second kappa shape index (κ2) is 4.78. The first-order chi connectivity index (χ1) is 8.28. The van der Waals surface area contributed by atoms with Crippen LogP contribution in [0, 0.1) is 0 Å². The summed E-state index contributed by atoms with van der Waals surface area (Å²) in [5.41, 5.74) is 9.97. The van der Waals surface area contributed by atoms with E-state index in [1.165, 1.54) is 0 Å². The Kier molecular flexibility index (Phi) is 3.18. The lowest BCUT2D eigenvalue weighted by molar-refractivity contribution is 0.266. The highest BCUT2D eigenvalue weighted by molar-refractivity contribution is 5.82. The summed E-state index contributed by atoms with van der Waals surface area (Å²) < 4.78 is 5.11. The molecule has 1 aromatic heterocycles. The molecule has 1 atom stereocenters. The minimum atomic E-state index is -0.585. The van der Waals surface area contributed by atoms with Crippen LogP contribution in [0.3, 0.4) is 0 Å². The van der Waals surface area contributed by atoms with Crippen LogP contribution >= 0.6 is 0 Å². The third kappa shape index (κ3) is 2.18. The van der Waals surface area contributed by atoms with Gasteiger partial charge in [-0.25, -0.2) is 0 Å². The Balaban J connectivity index is 2.46. The van der Waals surface area contributed by atoms with Crippen LogP contribution in [-0.4, -0.2) is 23.8 Å². The molecule has 17 heavy (non-hydrogen) atoms. The quantitative estimate of drug-likeness (QED) is 0.481. The van der Waals surface area contributed by atoms with E-state index in [1.807, 2.05) is 24.3 Å². The molecule has 2 aromatic rings. The first-order valence-corrected chi connectivity index (χ1v) is 5.10. The second-order valence-corrected chi connectivity index (χ2v) is 3.58. The number of rotatable bonds is 4. The number of aliphatic hydroxyl groups excluding tert-OH is 1. The zero-order valence-electron chi connectivity index (χ0n) is 9.29. The van der Waals surface area contributed by atoms with E-state index in [4.69, 9.17) is 15.4 Å². The monoisotopic (exact) mass is 232 g/mol. The van der Waals surface area contributed by atoms with Crippen molar-refractivity contribution in [2.45, 2.75) is 6.04 Å². The van der Waals surface area contributed by atoms with Gasteiger partial charge in [-0.2, -0.15) is 0 Å². The van der Waals surface area contributed by atoms with E-state index >= 15 is 0 Å². The van der Waals surface area contributed by atoms with E-state index in [0.29, 0.717) is 5.69 Å². The average molecular weight is 232 g/mol. The molecule has 0 aliphatic carbocycles. The first-order valence-electron chi connectivity index (χ1n) is 5.10. The van der Waals surface area contributed by atoms with Gasteiger partial charge in [0.05, 0.1) is 13.7 Å². The number of aliphatic hydroxyl groups is 1. The number of fused-ring (bicyclic) bond motifs is 1. The Morgan fingerprint density at radius 1 is 1.53 bits per heavy atom. The Morgan fingerprint density at radius 2 is 2.35 bits per heavy atom. The molecule has 6 heteroatoms. The molecular formula is C11H12N4O2. The zero-order valence-corrected chi connectivity index (χ0v) is 9.29. The highest BCUT2D eigenvalue weighted by Gasteiger charge is 2.11. The van der Waals surface area contributed by atoms with E-state index in [1.54, 1.807) is 7.11 Å². The molecule has 1 aromatic carbocycles. The number of methoxy groups -OCH3 is 1. The van der Waals surface area contributed by atoms with Gasteiger partial charge in [0.15, 0.2) is 0 Å². The third-order valence-corrected chi connectivity index (χ3v) is 2.57. The van der Waals surface area contributed by atoms with Gasteiger partial charge in [0.1, 0.15) is 11.8 Å². The minimum Gasteiger partial charge on any atom is -0.497 e. The van der Waals surface area contributed by atoms with Crippen molar-refractivity contribution in [3.8, 4) is 5.75 Å². The zero-order chi connectivity index (χ0) is 12.3. The lowest BCUT2D eigenvalue weighted by atomic mass is 10.2. The van der Waals surface area contributed by atoms with Gasteiger partial charge in [-0.05, 0) is 29.1 Å². The summed E-state index contributed by atoms with van der Waals surface area (Å²) >= 11 is 0. The number of aromatic nitrogens is 1. The topological polar surface area (TPSA) is 94.0 Å². The highest BCUT2D eigenvalue weighted by atomic mass is 16.5. The Morgan fingerprint density at radius 3 is 3.00 bits per heavy atom. The Hall–Kier alpha value is -2.17. The van der Waals surface area contributed by atoms with Crippen molar-refractivity contribution < 1.29 is 9.84 Å². The maximum absolute atomic E-state index is 9.13. The molecule has 0 spiro atoms. The fourth-order valence-electron chi connectivity index (χ4n) is 1.69. The van der Waals surface area contributed by atoms with Crippen molar-refractivity contribution in [2.75, 3.05) is 13.7 Å². The third-order valence-electron chi connectivity index (χ3n) is 2.57. The molecule has 0 fully saturated rings. The van der Waals surface area contributed by atoms with Crippen LogP contribution in [0.5, 0.6) is 5.75 Å². The number of benzene rings is 1. The van der Waals surface area contributed by atoms with Crippen LogP contribution in [-0.2, 0) is 0 Å². The molecule has 0 radical (unpaired) electrons. The van der Waals surface area contributed by atoms with Crippen molar-refractivity contribution >= 4 is 10.9 Å². The molecule has 0 amide bonds. The largest absolute Gasteiger partial charge is 0.497 e. The lowest BCUT2D eigenvalue weighted by Crippen LogP contribution is -1.99. The summed E-state index contributed by atoms with van der Waals surface area (Å²) in [4.78, 5) is 5.81. The molecule has 0 saturated carbocycles. The number of ether oxygens (including phenoxy) is 1. The standard InChI is InChI=1S/C11H12N4O2/c1-17-8-3-2-7-4-10(13-9(7)5-8)11(6-16)14-15-12/h2-5,11,13,16H,6H2,1H3. The van der Waals surface area contributed by atoms with Crippen molar-refractivity contribution in [1.29, 1.82) is 0 Å². The maximum Gasteiger partial charge on any atom is 0.120 e. The minimum absolute atomic E-state index is 0.228. The highest BCUT2D eigenvalue weighted by Crippen LogP contribution is 2.25. The van der Waals surface area contributed by atoms with E-state index < -0.39 is 6.04 Å². The van der Waals surface area contributed by atoms with Crippen LogP contribution in [0.2, 0.25) is 0 Å². The van der Waals surface area contributed by atoms with Gasteiger partial charge in [-0.1, -0.05) is 5.11 Å². The smallest absolute Gasteiger partial charge is 0.120 e. The van der Waals surface area contributed by atoms with Gasteiger partial charge in [-0.15, -0.1) is 0 Å². The van der Waals surface area contributed by atoms with E-state index in [9.17, 15) is 0 Å². The Labute approximate surface area is 97.5 Å². The molecule has 1 heterocycles. The van der Waals surface area contributed by atoms with Gasteiger partial charge in [0.2, 0.25) is 0 Å². The average Bonchev–Trinajstić information content (AvgIpc) is 2.78. The number of hydrogen-bond acceptors (Lipinski definition) is 3. The molecule has 1 unspecified atom stereocenters. The van der Waals surface area contributed by atoms with Crippen LogP contribution < -0.4 is 4.74 Å². The van der Waals surface area contributed by atoms with Gasteiger partial charge in [0, 0.05) is 22.2 Å². The first kappa shape index (κ1) is 11.3. The van der Waals surface area contributed by atoms with Gasteiger partial charge < -0.3 is 14.8 Å². The van der Waals surface area contributed by atoms with Gasteiger partial charge in [0.25, 0.3) is 0 Å². The molecule has 88 valence electrons. The van der Waals surface area contributed by atoms with E-state index in [0.717, 1.165) is 16.7 Å². The molecule has 2 rings (SSSR count). The predicted octanol–water partition coefficient (Wildman–Crippen LogP) is 2.52. The number of nitrogens with one attached hydrogen (secondary N) is 1. The van der Waals surface area contributed by atoms with Gasteiger partial charge >= 0.3 is 0 Å². The Bertz CT molecular complexity index is 572. The van der Waals surface area contributed by atoms with Crippen molar-refractivity contribution in [3.63, 3.8) is 0 Å². The molecule has 2 N–H and O–H groups in total. The second-order valence-electron chi connectivity index (χ2n) is 3.58. The fraction of sp³-hybridized carbons (Fsp3) is 0.273. The molecule has 0 aliphatic rings. The maximum atomic E-state index is 9.13. The van der Waals surface area contributed by atoms with E-state index in [-0.39, 0.29) is 6.61 Å². The molecular weight excluding hydrogens is 220 g/mol. The number of aromatic amines is 1. The molecule has 0 aliphatic heterocycles. The summed E-state index contributed by atoms with van der Waals surface area (Å²) in [6.07, 6.45) is 0. The normalized spacial score (nSPS) is 12.1. The number of hydrogen-bond donors (Lipinski definition) is 2.